The molecule has 1 radical (unpaired) electrons. The van der Waals surface area contributed by atoms with Crippen LogP contribution in [0, 0.1) is 5.82 Å². The van der Waals surface area contributed by atoms with Crippen LogP contribution in [0.5, 0.6) is 5.75 Å². The monoisotopic (exact) mass is 329 g/mol. The Labute approximate surface area is 168 Å². The van der Waals surface area contributed by atoms with Crippen molar-refractivity contribution in [2.75, 3.05) is 0 Å². The average molecular weight is 329 g/mol. The van der Waals surface area contributed by atoms with E-state index >= 15 is 0 Å². The maximum absolute atomic E-state index is 13.1. The third-order valence-corrected chi connectivity index (χ3v) is 2.53. The van der Waals surface area contributed by atoms with Gasteiger partial charge in [0.1, 0.15) is 11.6 Å². The summed E-state index contributed by atoms with van der Waals surface area (Å²) in [6.45, 7) is 1.11. The van der Waals surface area contributed by atoms with Crippen molar-refractivity contribution in [3.63, 3.8) is 0 Å². The number of aromatic nitrogens is 1. The number of aromatic hydroxyl groups is 1. The van der Waals surface area contributed by atoms with E-state index in [1.165, 1.54) is 30.5 Å². The van der Waals surface area contributed by atoms with E-state index < -0.39 is 23.4 Å². The number of carbonyl (C=O) groups is 2. The van der Waals surface area contributed by atoms with E-state index in [-0.39, 0.29) is 57.1 Å². The zero-order valence-electron chi connectivity index (χ0n) is 12.0. The molecule has 0 aliphatic carbocycles. The van der Waals surface area contributed by atoms with Gasteiger partial charge in [-0.3, -0.25) is 9.59 Å². The van der Waals surface area contributed by atoms with Crippen molar-refractivity contribution in [1.82, 2.24) is 10.5 Å². The van der Waals surface area contributed by atoms with Gasteiger partial charge in [-0.15, -0.1) is 0 Å². The van der Waals surface area contributed by atoms with Crippen LogP contribution in [-0.4, -0.2) is 73.4 Å². The summed E-state index contributed by atoms with van der Waals surface area (Å²) < 4.78 is 13.1. The number of carbonyl (C=O) groups excluding carboxylic acids is 2. The van der Waals surface area contributed by atoms with Crippen LogP contribution in [0.25, 0.3) is 11.1 Å². The van der Waals surface area contributed by atoms with Crippen LogP contribution in [-0.2, 0) is 9.63 Å². The van der Waals surface area contributed by atoms with Gasteiger partial charge in [-0.05, 0) is 23.8 Å². The first-order valence-electron chi connectivity index (χ1n) is 5.90. The second-order valence-corrected chi connectivity index (χ2v) is 4.13. The Morgan fingerprint density at radius 3 is 2.59 bits per heavy atom. The van der Waals surface area contributed by atoms with E-state index in [1.807, 2.05) is 5.48 Å². The average Bonchev–Trinajstić information content (AvgIpc) is 2.44. The van der Waals surface area contributed by atoms with Gasteiger partial charge >= 0.3 is 11.9 Å². The largest absolute Gasteiger partial charge is 0.505 e. The fourth-order valence-corrected chi connectivity index (χ4v) is 1.62. The second kappa shape index (κ2) is 8.35. The zero-order valence-corrected chi connectivity index (χ0v) is 15.1. The number of nitrogens with one attached hydrogen (secondary N) is 1. The van der Waals surface area contributed by atoms with E-state index in [0.717, 1.165) is 6.92 Å². The molecule has 2 rings (SSSR count). The number of rotatable bonds is 2. The number of amides is 1. The van der Waals surface area contributed by atoms with Crippen molar-refractivity contribution < 1.29 is 23.9 Å². The summed E-state index contributed by atoms with van der Waals surface area (Å²) in [5.74, 6) is -2.42. The molecule has 22 heavy (non-hydrogen) atoms. The topological polar surface area (TPSA) is 88.5 Å². The minimum absolute atomic E-state index is 0. The fourth-order valence-electron chi connectivity index (χ4n) is 1.62. The van der Waals surface area contributed by atoms with Crippen molar-refractivity contribution in [1.29, 1.82) is 0 Å². The molecule has 0 spiro atoms. The van der Waals surface area contributed by atoms with E-state index in [9.17, 15) is 19.1 Å². The summed E-state index contributed by atoms with van der Waals surface area (Å²) in [7, 11) is 0. The number of hydrogen-bond donors (Lipinski definition) is 2. The van der Waals surface area contributed by atoms with Gasteiger partial charge in [0.2, 0.25) is 0 Å². The quantitative estimate of drug-likeness (QED) is 0.642. The number of hydrogen-bond acceptors (Lipinski definition) is 5. The summed E-state index contributed by atoms with van der Waals surface area (Å²) in [5, 5.41) is 9.80. The molecule has 0 aliphatic rings. The van der Waals surface area contributed by atoms with E-state index in [2.05, 4.69) is 9.82 Å². The van der Waals surface area contributed by atoms with Crippen LogP contribution < -0.4 is 5.48 Å². The van der Waals surface area contributed by atoms with Crippen LogP contribution >= 0.6 is 0 Å². The Morgan fingerprint density at radius 1 is 1.27 bits per heavy atom. The van der Waals surface area contributed by atoms with Gasteiger partial charge in [0.05, 0.1) is 0 Å². The molecule has 1 aromatic heterocycles. The van der Waals surface area contributed by atoms with Gasteiger partial charge in [-0.25, -0.2) is 9.37 Å². The smallest absolute Gasteiger partial charge is 0.329 e. The van der Waals surface area contributed by atoms with Crippen molar-refractivity contribution >= 4 is 63.3 Å². The molecule has 2 aromatic rings. The molecule has 0 saturated heterocycles. The normalized spacial score (nSPS) is 9.55. The molecule has 109 valence electrons. The molecular formula is C14H11FKN2O4. The third kappa shape index (κ3) is 4.85. The van der Waals surface area contributed by atoms with Crippen LogP contribution in [0.1, 0.15) is 17.4 Å². The van der Waals surface area contributed by atoms with Crippen LogP contribution in [0.15, 0.2) is 36.5 Å². The molecule has 0 aliphatic heterocycles. The first kappa shape index (κ1) is 18.7. The van der Waals surface area contributed by atoms with Crippen LogP contribution in [0.4, 0.5) is 4.39 Å². The van der Waals surface area contributed by atoms with Gasteiger partial charge in [-0.2, -0.15) is 5.48 Å². The van der Waals surface area contributed by atoms with Gasteiger partial charge in [0.15, 0.2) is 5.69 Å². The molecule has 8 heteroatoms. The first-order valence-corrected chi connectivity index (χ1v) is 5.90. The predicted molar refractivity (Wildman–Crippen MR) is 76.3 cm³/mol. The predicted octanol–water partition coefficient (Wildman–Crippen LogP) is 1.42. The van der Waals surface area contributed by atoms with Crippen LogP contribution in [0.3, 0.4) is 0 Å². The number of benzene rings is 1. The van der Waals surface area contributed by atoms with Gasteiger partial charge in [0, 0.05) is 70.1 Å². The van der Waals surface area contributed by atoms with E-state index in [4.69, 9.17) is 0 Å². The summed E-state index contributed by atoms with van der Waals surface area (Å²) in [6, 6.07) is 6.98. The van der Waals surface area contributed by atoms with Crippen LogP contribution in [0.2, 0.25) is 0 Å². The summed E-state index contributed by atoms with van der Waals surface area (Å²) in [4.78, 5) is 30.3. The van der Waals surface area contributed by atoms with E-state index in [0.29, 0.717) is 11.1 Å². The molecule has 1 heterocycles. The third-order valence-electron chi connectivity index (χ3n) is 2.53. The second-order valence-electron chi connectivity index (χ2n) is 4.13. The molecule has 6 nitrogen and oxygen atoms in total. The molecule has 0 unspecified atom stereocenters. The number of pyridine rings is 1. The molecule has 0 atom stereocenters. The van der Waals surface area contributed by atoms with Crippen molar-refractivity contribution in [2.45, 2.75) is 6.92 Å². The number of nitrogens with zero attached hydrogens (tertiary/aromatic N) is 1. The van der Waals surface area contributed by atoms with Gasteiger partial charge in [-0.1, -0.05) is 12.1 Å². The molecule has 1 amide bonds. The Hall–Kier alpha value is -1.32. The molecule has 1 aromatic carbocycles. The molecular weight excluding hydrogens is 318 g/mol. The number of hydroxylamine groups is 1. The minimum Gasteiger partial charge on any atom is -0.505 e. The van der Waals surface area contributed by atoms with Gasteiger partial charge < -0.3 is 9.94 Å². The fraction of sp³-hybridized carbons (Fsp3) is 0.0714. The Balaban J connectivity index is 0.00000242. The molecule has 2 N–H and O–H groups in total. The van der Waals surface area contributed by atoms with Crippen molar-refractivity contribution in [3.05, 3.63) is 48.0 Å². The van der Waals surface area contributed by atoms with Crippen molar-refractivity contribution in [2.24, 2.45) is 0 Å². The Bertz CT molecular complexity index is 709. The van der Waals surface area contributed by atoms with Crippen molar-refractivity contribution in [3.8, 4) is 16.9 Å². The maximum atomic E-state index is 13.1. The SMILES string of the molecule is CC(=O)ONC(=O)c1ncc(-c2cccc(F)c2)cc1O.[K]. The van der Waals surface area contributed by atoms with E-state index in [1.54, 1.807) is 6.07 Å². The summed E-state index contributed by atoms with van der Waals surface area (Å²) >= 11 is 0. The summed E-state index contributed by atoms with van der Waals surface area (Å²) in [6.07, 6.45) is 1.30. The summed E-state index contributed by atoms with van der Waals surface area (Å²) in [5.41, 5.74) is 2.47. The standard InChI is InChI=1S/C14H11FN2O4.K/c1-8(18)21-17-14(20)13-12(19)6-10(7-16-13)9-3-2-4-11(15)5-9;/h2-7,19H,1H3,(H,17,20);. The first-order chi connectivity index (χ1) is 9.97. The number of halogens is 1. The molecule has 0 bridgehead atoms. The minimum atomic E-state index is -0.867. The Kier molecular flexibility index (Phi) is 7.10. The Morgan fingerprint density at radius 2 is 2.00 bits per heavy atom. The zero-order chi connectivity index (χ0) is 15.4. The molecule has 0 saturated carbocycles. The maximum Gasteiger partial charge on any atom is 0.329 e. The molecule has 0 fully saturated rings. The van der Waals surface area contributed by atoms with Gasteiger partial charge in [0.25, 0.3) is 0 Å².